The predicted molar refractivity (Wildman–Crippen MR) is 105 cm³/mol. The number of rotatable bonds is 6. The molecule has 2 amide bonds. The fourth-order valence-electron chi connectivity index (χ4n) is 3.34. The molecule has 0 spiro atoms. The molecule has 5 heteroatoms. The topological polar surface area (TPSA) is 69.6 Å². The molecule has 2 atom stereocenters. The number of anilines is 1. The molecule has 1 saturated heterocycles. The highest BCUT2D eigenvalue weighted by Gasteiger charge is 2.35. The third kappa shape index (κ3) is 4.55. The minimum atomic E-state index is -0.608. The molecule has 0 aliphatic carbocycles. The lowest BCUT2D eigenvalue weighted by molar-refractivity contribution is -0.126. The van der Waals surface area contributed by atoms with Crippen molar-refractivity contribution in [2.24, 2.45) is 5.92 Å². The fraction of sp³-hybridized carbons (Fsp3) is 0.364. The number of carbonyl (C=O) groups excluding carboxylic acids is 2. The van der Waals surface area contributed by atoms with Crippen molar-refractivity contribution in [1.29, 1.82) is 0 Å². The van der Waals surface area contributed by atoms with Gasteiger partial charge in [-0.25, -0.2) is 0 Å². The lowest BCUT2D eigenvalue weighted by Gasteiger charge is -2.18. The number of nitrogens with zero attached hydrogens (tertiary/aromatic N) is 1. The summed E-state index contributed by atoms with van der Waals surface area (Å²) in [7, 11) is 0. The summed E-state index contributed by atoms with van der Waals surface area (Å²) in [6.07, 6.45) is 0.0563. The van der Waals surface area contributed by atoms with Gasteiger partial charge in [-0.05, 0) is 49.1 Å². The van der Waals surface area contributed by atoms with Crippen molar-refractivity contribution in [3.05, 3.63) is 65.2 Å². The minimum Gasteiger partial charge on any atom is -0.388 e. The molecule has 0 unspecified atom stereocenters. The molecule has 0 radical (unpaired) electrons. The van der Waals surface area contributed by atoms with E-state index < -0.39 is 6.10 Å². The van der Waals surface area contributed by atoms with Crippen molar-refractivity contribution in [3.8, 4) is 0 Å². The maximum Gasteiger partial charge on any atom is 0.227 e. The second-order valence-electron chi connectivity index (χ2n) is 7.18. The van der Waals surface area contributed by atoms with Gasteiger partial charge in [-0.15, -0.1) is 0 Å². The number of carbonyl (C=O) groups is 2. The van der Waals surface area contributed by atoms with Crippen molar-refractivity contribution in [2.45, 2.75) is 32.8 Å². The van der Waals surface area contributed by atoms with Crippen LogP contribution in [0, 0.1) is 19.8 Å². The quantitative estimate of drug-likeness (QED) is 0.826. The van der Waals surface area contributed by atoms with Gasteiger partial charge in [-0.3, -0.25) is 9.59 Å². The second-order valence-corrected chi connectivity index (χ2v) is 7.18. The summed E-state index contributed by atoms with van der Waals surface area (Å²) in [5.74, 6) is -0.509. The molecular formula is C22H26N2O3. The highest BCUT2D eigenvalue weighted by atomic mass is 16.3. The Balaban J connectivity index is 1.52. The molecule has 0 bridgehead atoms. The first-order valence-corrected chi connectivity index (χ1v) is 9.34. The van der Waals surface area contributed by atoms with E-state index in [-0.39, 0.29) is 24.2 Å². The number of nitrogens with one attached hydrogen (secondary N) is 1. The molecular weight excluding hydrogens is 340 g/mol. The summed E-state index contributed by atoms with van der Waals surface area (Å²) in [5, 5.41) is 13.0. The number of hydrogen-bond donors (Lipinski definition) is 2. The molecule has 27 heavy (non-hydrogen) atoms. The van der Waals surface area contributed by atoms with E-state index in [0.29, 0.717) is 19.5 Å². The van der Waals surface area contributed by atoms with Gasteiger partial charge >= 0.3 is 0 Å². The molecule has 0 aromatic heterocycles. The normalized spacial score (nSPS) is 17.8. The van der Waals surface area contributed by atoms with Gasteiger partial charge < -0.3 is 15.3 Å². The van der Waals surface area contributed by atoms with Gasteiger partial charge in [0.25, 0.3) is 0 Å². The van der Waals surface area contributed by atoms with Gasteiger partial charge in [0.2, 0.25) is 11.8 Å². The van der Waals surface area contributed by atoms with E-state index >= 15 is 0 Å². The smallest absolute Gasteiger partial charge is 0.227 e. The molecule has 142 valence electrons. The Kier molecular flexibility index (Phi) is 5.91. The monoisotopic (exact) mass is 366 g/mol. The number of benzene rings is 2. The SMILES string of the molecule is Cc1ccc(N2C[C@@H](C(=O)NCC[C@@H](O)c3ccccc3)CC2=O)cc1C. The molecule has 1 aliphatic heterocycles. The van der Waals surface area contributed by atoms with Crippen LogP contribution in [0.5, 0.6) is 0 Å². The van der Waals surface area contributed by atoms with E-state index in [0.717, 1.165) is 16.8 Å². The van der Waals surface area contributed by atoms with Crippen LogP contribution in [-0.2, 0) is 9.59 Å². The first kappa shape index (κ1) is 19.1. The molecule has 2 aromatic rings. The van der Waals surface area contributed by atoms with Crippen LogP contribution in [0.1, 0.15) is 35.6 Å². The Bertz CT molecular complexity index is 820. The Morgan fingerprint density at radius 2 is 1.93 bits per heavy atom. The first-order valence-electron chi connectivity index (χ1n) is 9.34. The molecule has 2 aromatic carbocycles. The van der Waals surface area contributed by atoms with Gasteiger partial charge in [0.05, 0.1) is 12.0 Å². The van der Waals surface area contributed by atoms with Gasteiger partial charge in [0.1, 0.15) is 0 Å². The van der Waals surface area contributed by atoms with E-state index in [1.165, 1.54) is 5.56 Å². The summed E-state index contributed by atoms with van der Waals surface area (Å²) in [4.78, 5) is 26.5. The Hall–Kier alpha value is -2.66. The Labute approximate surface area is 160 Å². The number of amides is 2. The van der Waals surface area contributed by atoms with Gasteiger partial charge in [0.15, 0.2) is 0 Å². The lowest BCUT2D eigenvalue weighted by atomic mass is 10.1. The van der Waals surface area contributed by atoms with Crippen LogP contribution in [0.3, 0.4) is 0 Å². The molecule has 0 saturated carbocycles. The maximum atomic E-state index is 12.4. The third-order valence-electron chi connectivity index (χ3n) is 5.20. The standard InChI is InChI=1S/C22H26N2O3/c1-15-8-9-19(12-16(15)2)24-14-18(13-21(24)26)22(27)23-11-10-20(25)17-6-4-3-5-7-17/h3-9,12,18,20,25H,10-11,13-14H2,1-2H3,(H,23,27)/t18-,20+/m0/s1. The highest BCUT2D eigenvalue weighted by Crippen LogP contribution is 2.27. The van der Waals surface area contributed by atoms with Crippen LogP contribution in [-0.4, -0.2) is 30.0 Å². The lowest BCUT2D eigenvalue weighted by Crippen LogP contribution is -2.34. The zero-order valence-electron chi connectivity index (χ0n) is 15.8. The number of aliphatic hydroxyl groups excluding tert-OH is 1. The third-order valence-corrected chi connectivity index (χ3v) is 5.20. The van der Waals surface area contributed by atoms with Crippen molar-refractivity contribution in [1.82, 2.24) is 5.32 Å². The van der Waals surface area contributed by atoms with Crippen LogP contribution >= 0.6 is 0 Å². The van der Waals surface area contributed by atoms with E-state index in [2.05, 4.69) is 5.32 Å². The van der Waals surface area contributed by atoms with E-state index in [9.17, 15) is 14.7 Å². The summed E-state index contributed by atoms with van der Waals surface area (Å²) in [5.41, 5.74) is 3.99. The summed E-state index contributed by atoms with van der Waals surface area (Å²) in [6, 6.07) is 15.3. The minimum absolute atomic E-state index is 0.0253. The Morgan fingerprint density at radius 3 is 2.63 bits per heavy atom. The maximum absolute atomic E-state index is 12.4. The van der Waals surface area contributed by atoms with Crippen LogP contribution in [0.4, 0.5) is 5.69 Å². The second kappa shape index (κ2) is 8.35. The zero-order chi connectivity index (χ0) is 19.4. The summed E-state index contributed by atoms with van der Waals surface area (Å²) >= 11 is 0. The van der Waals surface area contributed by atoms with Crippen LogP contribution in [0.2, 0.25) is 0 Å². The van der Waals surface area contributed by atoms with E-state index in [1.807, 2.05) is 62.4 Å². The fourth-order valence-corrected chi connectivity index (χ4v) is 3.34. The van der Waals surface area contributed by atoms with Gasteiger partial charge in [0, 0.05) is 25.2 Å². The van der Waals surface area contributed by atoms with E-state index in [1.54, 1.807) is 4.90 Å². The van der Waals surface area contributed by atoms with Crippen molar-refractivity contribution < 1.29 is 14.7 Å². The average Bonchev–Trinajstić information content (AvgIpc) is 3.06. The number of hydrogen-bond acceptors (Lipinski definition) is 3. The van der Waals surface area contributed by atoms with Gasteiger partial charge in [-0.1, -0.05) is 36.4 Å². The van der Waals surface area contributed by atoms with E-state index in [4.69, 9.17) is 0 Å². The van der Waals surface area contributed by atoms with Crippen molar-refractivity contribution in [2.75, 3.05) is 18.0 Å². The average molecular weight is 366 g/mol. The molecule has 1 heterocycles. The molecule has 1 aliphatic rings. The zero-order valence-corrected chi connectivity index (χ0v) is 15.8. The summed E-state index contributed by atoms with van der Waals surface area (Å²) < 4.78 is 0. The first-order chi connectivity index (χ1) is 13.0. The van der Waals surface area contributed by atoms with Gasteiger partial charge in [-0.2, -0.15) is 0 Å². The number of aryl methyl sites for hydroxylation is 2. The van der Waals surface area contributed by atoms with Crippen molar-refractivity contribution in [3.63, 3.8) is 0 Å². The molecule has 5 nitrogen and oxygen atoms in total. The van der Waals surface area contributed by atoms with Crippen LogP contribution in [0.25, 0.3) is 0 Å². The van der Waals surface area contributed by atoms with Crippen LogP contribution < -0.4 is 10.2 Å². The highest BCUT2D eigenvalue weighted by molar-refractivity contribution is 6.00. The Morgan fingerprint density at radius 1 is 1.19 bits per heavy atom. The number of aliphatic hydroxyl groups is 1. The molecule has 2 N–H and O–H groups in total. The largest absolute Gasteiger partial charge is 0.388 e. The molecule has 1 fully saturated rings. The predicted octanol–water partition coefficient (Wildman–Crippen LogP) is 2.90. The summed E-state index contributed by atoms with van der Waals surface area (Å²) in [6.45, 7) is 4.82. The van der Waals surface area contributed by atoms with Crippen LogP contribution in [0.15, 0.2) is 48.5 Å². The van der Waals surface area contributed by atoms with Crippen molar-refractivity contribution >= 4 is 17.5 Å². The molecule has 3 rings (SSSR count).